The van der Waals surface area contributed by atoms with Gasteiger partial charge in [0.1, 0.15) is 0 Å². The summed E-state index contributed by atoms with van der Waals surface area (Å²) in [5.41, 5.74) is 0.287. The molecule has 2 aromatic rings. The summed E-state index contributed by atoms with van der Waals surface area (Å²) in [7, 11) is -3.72. The van der Waals surface area contributed by atoms with Gasteiger partial charge in [0.25, 0.3) is 0 Å². The number of oxazole rings is 1. The van der Waals surface area contributed by atoms with Gasteiger partial charge in [-0.05, 0) is 25.0 Å². The van der Waals surface area contributed by atoms with Gasteiger partial charge in [-0.1, -0.05) is 12.8 Å². The summed E-state index contributed by atoms with van der Waals surface area (Å²) in [5.74, 6) is -0.623. The van der Waals surface area contributed by atoms with Crippen molar-refractivity contribution in [3.05, 3.63) is 28.7 Å². The molecule has 120 valence electrons. The van der Waals surface area contributed by atoms with Crippen LogP contribution in [0.2, 0.25) is 0 Å². The van der Waals surface area contributed by atoms with Crippen LogP contribution >= 0.6 is 0 Å². The van der Waals surface area contributed by atoms with Gasteiger partial charge < -0.3 is 9.52 Å². The van der Waals surface area contributed by atoms with Crippen molar-refractivity contribution < 1.29 is 17.9 Å². The molecular weight excluding hydrogens is 308 g/mol. The van der Waals surface area contributed by atoms with Crippen LogP contribution in [0.5, 0.6) is 0 Å². The minimum absolute atomic E-state index is 0.0265. The number of sulfonamides is 1. The molecule has 1 fully saturated rings. The molecule has 0 unspecified atom stereocenters. The maximum Gasteiger partial charge on any atom is 0.417 e. The third-order valence-corrected chi connectivity index (χ3v) is 5.74. The highest BCUT2D eigenvalue weighted by Gasteiger charge is 2.34. The molecule has 1 aromatic heterocycles. The number of rotatable bonds is 5. The molecule has 8 heteroatoms. The van der Waals surface area contributed by atoms with Crippen LogP contribution in [0.3, 0.4) is 0 Å². The lowest BCUT2D eigenvalue weighted by molar-refractivity contribution is 0.134. The summed E-state index contributed by atoms with van der Waals surface area (Å²) in [6, 6.07) is 4.22. The Hall–Kier alpha value is -1.64. The smallest absolute Gasteiger partial charge is 0.408 e. The molecule has 0 saturated heterocycles. The standard InChI is InChI=1S/C14H18N2O5S/c17-9-14(5-1-2-6-14)8-15-22(19,20)10-3-4-11-12(7-10)21-13(18)16-11/h3-4,7,15,17H,1-2,5-6,8-9H2,(H,16,18). The van der Waals surface area contributed by atoms with Crippen molar-refractivity contribution in [1.29, 1.82) is 0 Å². The number of aromatic amines is 1. The second kappa shape index (κ2) is 5.53. The van der Waals surface area contributed by atoms with E-state index < -0.39 is 15.8 Å². The van der Waals surface area contributed by atoms with E-state index in [1.165, 1.54) is 18.2 Å². The zero-order valence-electron chi connectivity index (χ0n) is 12.0. The molecule has 3 N–H and O–H groups in total. The lowest BCUT2D eigenvalue weighted by Gasteiger charge is -2.26. The average Bonchev–Trinajstić information content (AvgIpc) is 3.10. The lowest BCUT2D eigenvalue weighted by atomic mass is 9.88. The number of H-pyrrole nitrogens is 1. The van der Waals surface area contributed by atoms with Gasteiger partial charge in [-0.15, -0.1) is 0 Å². The first-order valence-electron chi connectivity index (χ1n) is 7.18. The Morgan fingerprint density at radius 3 is 2.73 bits per heavy atom. The largest absolute Gasteiger partial charge is 0.417 e. The van der Waals surface area contributed by atoms with E-state index in [4.69, 9.17) is 4.42 Å². The number of fused-ring (bicyclic) bond motifs is 1. The summed E-state index contributed by atoms with van der Waals surface area (Å²) >= 11 is 0. The molecule has 1 aliphatic rings. The Balaban J connectivity index is 1.83. The van der Waals surface area contributed by atoms with Gasteiger partial charge in [-0.3, -0.25) is 4.98 Å². The van der Waals surface area contributed by atoms with E-state index in [0.717, 1.165) is 25.7 Å². The molecule has 1 saturated carbocycles. The topological polar surface area (TPSA) is 112 Å². The molecule has 0 atom stereocenters. The highest BCUT2D eigenvalue weighted by molar-refractivity contribution is 7.89. The van der Waals surface area contributed by atoms with E-state index in [2.05, 4.69) is 9.71 Å². The Kier molecular flexibility index (Phi) is 3.84. The number of aliphatic hydroxyl groups is 1. The highest BCUT2D eigenvalue weighted by Crippen LogP contribution is 2.37. The van der Waals surface area contributed by atoms with Crippen molar-refractivity contribution in [2.45, 2.75) is 30.6 Å². The average molecular weight is 326 g/mol. The van der Waals surface area contributed by atoms with Gasteiger partial charge in [0.15, 0.2) is 5.58 Å². The molecule has 1 aliphatic carbocycles. The van der Waals surface area contributed by atoms with Gasteiger partial charge in [-0.25, -0.2) is 17.9 Å². The number of nitrogens with one attached hydrogen (secondary N) is 2. The quantitative estimate of drug-likeness (QED) is 0.757. The lowest BCUT2D eigenvalue weighted by Crippen LogP contribution is -2.38. The zero-order chi connectivity index (χ0) is 15.8. The highest BCUT2D eigenvalue weighted by atomic mass is 32.2. The fraction of sp³-hybridized carbons (Fsp3) is 0.500. The molecule has 0 radical (unpaired) electrons. The van der Waals surface area contributed by atoms with Crippen molar-refractivity contribution in [2.24, 2.45) is 5.41 Å². The second-order valence-corrected chi connectivity index (χ2v) is 7.63. The number of hydrogen-bond acceptors (Lipinski definition) is 5. The van der Waals surface area contributed by atoms with E-state index in [-0.39, 0.29) is 29.0 Å². The number of hydrogen-bond donors (Lipinski definition) is 3. The zero-order valence-corrected chi connectivity index (χ0v) is 12.8. The minimum Gasteiger partial charge on any atom is -0.408 e. The van der Waals surface area contributed by atoms with E-state index in [0.29, 0.717) is 5.52 Å². The van der Waals surface area contributed by atoms with Crippen LogP contribution < -0.4 is 10.5 Å². The predicted molar refractivity (Wildman–Crippen MR) is 80.0 cm³/mol. The third kappa shape index (κ3) is 2.81. The van der Waals surface area contributed by atoms with E-state index in [1.807, 2.05) is 0 Å². The summed E-state index contributed by atoms with van der Waals surface area (Å²) in [6.07, 6.45) is 3.64. The number of aromatic nitrogens is 1. The number of aliphatic hydroxyl groups excluding tert-OH is 1. The Labute approximate surface area is 127 Å². The van der Waals surface area contributed by atoms with Crippen LogP contribution in [-0.4, -0.2) is 31.7 Å². The van der Waals surface area contributed by atoms with Crippen LogP contribution in [0.15, 0.2) is 32.3 Å². The second-order valence-electron chi connectivity index (χ2n) is 5.86. The Morgan fingerprint density at radius 2 is 2.05 bits per heavy atom. The summed E-state index contributed by atoms with van der Waals surface area (Å²) in [6.45, 7) is 0.183. The number of benzene rings is 1. The molecule has 0 aliphatic heterocycles. The van der Waals surface area contributed by atoms with E-state index in [1.54, 1.807) is 0 Å². The molecule has 0 spiro atoms. The first kappa shape index (κ1) is 15.3. The SMILES string of the molecule is O=c1[nH]c2ccc(S(=O)(=O)NCC3(CO)CCCC3)cc2o1. The van der Waals surface area contributed by atoms with Crippen molar-refractivity contribution in [3.63, 3.8) is 0 Å². The normalized spacial score (nSPS) is 18.0. The molecule has 0 amide bonds. The molecular formula is C14H18N2O5S. The minimum atomic E-state index is -3.72. The monoisotopic (exact) mass is 326 g/mol. The molecule has 22 heavy (non-hydrogen) atoms. The van der Waals surface area contributed by atoms with E-state index >= 15 is 0 Å². The first-order valence-corrected chi connectivity index (χ1v) is 8.66. The Bertz CT molecular complexity index is 830. The van der Waals surface area contributed by atoms with Gasteiger partial charge in [0.05, 0.1) is 10.4 Å². The summed E-state index contributed by atoms with van der Waals surface area (Å²) in [4.78, 5) is 13.6. The van der Waals surface area contributed by atoms with E-state index in [9.17, 15) is 18.3 Å². The van der Waals surface area contributed by atoms with Crippen LogP contribution in [0, 0.1) is 5.41 Å². The predicted octanol–water partition coefficient (Wildman–Crippen LogP) is 0.952. The van der Waals surface area contributed by atoms with Crippen LogP contribution in [0.1, 0.15) is 25.7 Å². The summed E-state index contributed by atoms with van der Waals surface area (Å²) < 4.78 is 32.2. The molecule has 1 heterocycles. The molecule has 0 bridgehead atoms. The Morgan fingerprint density at radius 1 is 1.32 bits per heavy atom. The first-order chi connectivity index (χ1) is 10.4. The van der Waals surface area contributed by atoms with Crippen molar-refractivity contribution in [1.82, 2.24) is 9.71 Å². The van der Waals surface area contributed by atoms with Crippen LogP contribution in [-0.2, 0) is 10.0 Å². The third-order valence-electron chi connectivity index (χ3n) is 4.34. The fourth-order valence-corrected chi connectivity index (χ4v) is 4.11. The molecule has 7 nitrogen and oxygen atoms in total. The van der Waals surface area contributed by atoms with Crippen molar-refractivity contribution >= 4 is 21.1 Å². The van der Waals surface area contributed by atoms with Gasteiger partial charge in [0.2, 0.25) is 10.0 Å². The van der Waals surface area contributed by atoms with Crippen molar-refractivity contribution in [3.8, 4) is 0 Å². The van der Waals surface area contributed by atoms with Gasteiger partial charge in [0, 0.05) is 24.6 Å². The summed E-state index contributed by atoms with van der Waals surface area (Å²) in [5, 5.41) is 9.54. The molecule has 1 aromatic carbocycles. The van der Waals surface area contributed by atoms with Crippen molar-refractivity contribution in [2.75, 3.05) is 13.2 Å². The molecule has 3 rings (SSSR count). The fourth-order valence-electron chi connectivity index (χ4n) is 2.94. The van der Waals surface area contributed by atoms with Gasteiger partial charge in [-0.2, -0.15) is 0 Å². The van der Waals surface area contributed by atoms with Gasteiger partial charge >= 0.3 is 5.76 Å². The van der Waals surface area contributed by atoms with Crippen LogP contribution in [0.25, 0.3) is 11.1 Å². The maximum atomic E-state index is 12.4. The maximum absolute atomic E-state index is 12.4. The van der Waals surface area contributed by atoms with Crippen LogP contribution in [0.4, 0.5) is 0 Å².